The average molecular weight is 450 g/mol. The molecule has 34 heavy (non-hydrogen) atoms. The van der Waals surface area contributed by atoms with Crippen LogP contribution in [0.1, 0.15) is 38.5 Å². The summed E-state index contributed by atoms with van der Waals surface area (Å²) in [4.78, 5) is 18.3. The summed E-state index contributed by atoms with van der Waals surface area (Å²) in [5.41, 5.74) is 4.11. The molecule has 0 radical (unpaired) electrons. The molecule has 2 aromatic heterocycles. The zero-order valence-corrected chi connectivity index (χ0v) is 19.0. The Labute approximate surface area is 198 Å². The third-order valence-corrected chi connectivity index (χ3v) is 8.32. The van der Waals surface area contributed by atoms with E-state index in [1.807, 2.05) is 60.8 Å². The predicted molar refractivity (Wildman–Crippen MR) is 131 cm³/mol. The Hall–Kier alpha value is -3.54. The van der Waals surface area contributed by atoms with Crippen LogP contribution in [0.3, 0.4) is 0 Å². The van der Waals surface area contributed by atoms with E-state index in [0.29, 0.717) is 0 Å². The number of carbonyl (C=O) groups excluding carboxylic acids is 1. The number of nitrogens with one attached hydrogen (secondary N) is 1. The molecule has 4 bridgehead atoms. The number of rotatable bonds is 4. The fourth-order valence-corrected chi connectivity index (χ4v) is 7.22. The second-order valence-corrected chi connectivity index (χ2v) is 10.6. The largest absolute Gasteiger partial charge is 0.324 e. The monoisotopic (exact) mass is 449 g/mol. The molecule has 2 heterocycles. The van der Waals surface area contributed by atoms with Gasteiger partial charge in [0.2, 0.25) is 5.91 Å². The number of pyridine rings is 1. The van der Waals surface area contributed by atoms with E-state index in [2.05, 4.69) is 20.6 Å². The highest BCUT2D eigenvalue weighted by Gasteiger charge is 2.54. The van der Waals surface area contributed by atoms with Crippen LogP contribution in [0.5, 0.6) is 0 Å². The Morgan fingerprint density at radius 1 is 0.912 bits per heavy atom. The molecule has 4 aliphatic carbocycles. The molecule has 2 aromatic carbocycles. The number of fused-ring (bicyclic) bond motifs is 1. The lowest BCUT2D eigenvalue weighted by Gasteiger charge is -2.55. The van der Waals surface area contributed by atoms with Gasteiger partial charge < -0.3 is 5.32 Å². The van der Waals surface area contributed by atoms with E-state index < -0.39 is 0 Å². The summed E-state index contributed by atoms with van der Waals surface area (Å²) in [6.45, 7) is 0. The highest BCUT2D eigenvalue weighted by Crippen LogP contribution is 2.60. The van der Waals surface area contributed by atoms with Crippen LogP contribution in [0.2, 0.25) is 0 Å². The number of carbonyl (C=O) groups is 1. The minimum atomic E-state index is -0.189. The van der Waals surface area contributed by atoms with Gasteiger partial charge in [-0.15, -0.1) is 5.10 Å². The van der Waals surface area contributed by atoms with E-state index >= 15 is 0 Å². The second kappa shape index (κ2) is 7.49. The quantitative estimate of drug-likeness (QED) is 0.438. The van der Waals surface area contributed by atoms with Crippen molar-refractivity contribution in [3.05, 3.63) is 67.0 Å². The molecule has 4 saturated carbocycles. The van der Waals surface area contributed by atoms with Crippen molar-refractivity contribution in [3.8, 4) is 16.9 Å². The Balaban J connectivity index is 1.22. The summed E-state index contributed by atoms with van der Waals surface area (Å²) in [5.74, 6) is 2.40. The lowest BCUT2D eigenvalue weighted by atomic mass is 9.49. The Morgan fingerprint density at radius 2 is 1.65 bits per heavy atom. The molecule has 4 aromatic rings. The van der Waals surface area contributed by atoms with Gasteiger partial charge in [-0.3, -0.25) is 9.78 Å². The Kier molecular flexibility index (Phi) is 4.38. The molecule has 1 amide bonds. The molecule has 1 N–H and O–H groups in total. The van der Waals surface area contributed by atoms with Gasteiger partial charge >= 0.3 is 0 Å². The molecule has 6 nitrogen and oxygen atoms in total. The molecule has 170 valence electrons. The molecule has 6 heteroatoms. The van der Waals surface area contributed by atoms with Crippen molar-refractivity contribution >= 4 is 22.5 Å². The number of hydrogen-bond acceptors (Lipinski definition) is 4. The van der Waals surface area contributed by atoms with Crippen LogP contribution in [-0.2, 0) is 4.79 Å². The molecule has 0 aliphatic heterocycles. The topological polar surface area (TPSA) is 72.7 Å². The van der Waals surface area contributed by atoms with Crippen molar-refractivity contribution in [1.29, 1.82) is 0 Å². The highest BCUT2D eigenvalue weighted by molar-refractivity contribution is 6.04. The van der Waals surface area contributed by atoms with Crippen LogP contribution >= 0.6 is 0 Å². The first-order valence-corrected chi connectivity index (χ1v) is 12.3. The Bertz CT molecular complexity index is 1360. The summed E-state index contributed by atoms with van der Waals surface area (Å²) in [5, 5.41) is 13.0. The molecule has 8 rings (SSSR count). The van der Waals surface area contributed by atoms with Crippen molar-refractivity contribution in [2.45, 2.75) is 38.5 Å². The fourth-order valence-electron chi connectivity index (χ4n) is 7.22. The van der Waals surface area contributed by atoms with Crippen molar-refractivity contribution in [3.63, 3.8) is 0 Å². The van der Waals surface area contributed by atoms with Crippen molar-refractivity contribution in [2.75, 3.05) is 5.32 Å². The number of amides is 1. The van der Waals surface area contributed by atoms with Gasteiger partial charge in [0, 0.05) is 17.1 Å². The number of hydrogen-bond donors (Lipinski definition) is 1. The van der Waals surface area contributed by atoms with E-state index in [4.69, 9.17) is 0 Å². The maximum absolute atomic E-state index is 13.7. The molecule has 0 spiro atoms. The zero-order chi connectivity index (χ0) is 22.7. The van der Waals surface area contributed by atoms with E-state index in [1.165, 1.54) is 19.3 Å². The van der Waals surface area contributed by atoms with Gasteiger partial charge in [0.05, 0.1) is 28.5 Å². The van der Waals surface area contributed by atoms with E-state index in [1.54, 1.807) is 10.9 Å². The molecular formula is C28H27N5O. The Morgan fingerprint density at radius 3 is 2.38 bits per heavy atom. The fraction of sp³-hybridized carbons (Fsp3) is 0.357. The van der Waals surface area contributed by atoms with E-state index in [0.717, 1.165) is 70.6 Å². The lowest BCUT2D eigenvalue weighted by molar-refractivity contribution is -0.140. The SMILES string of the molecule is O=C(Nc1ccc(-n2cc(-c3ccccc3)nn2)c2cccnc12)C12CC3CC(CC(C3)C1)C2. The molecule has 4 aliphatic rings. The summed E-state index contributed by atoms with van der Waals surface area (Å²) in [7, 11) is 0. The van der Waals surface area contributed by atoms with Crippen LogP contribution in [0.15, 0.2) is 67.0 Å². The van der Waals surface area contributed by atoms with E-state index in [9.17, 15) is 4.79 Å². The number of benzene rings is 2. The van der Waals surface area contributed by atoms with Crippen LogP contribution in [0.4, 0.5) is 5.69 Å². The van der Waals surface area contributed by atoms with E-state index in [-0.39, 0.29) is 11.3 Å². The van der Waals surface area contributed by atoms with Gasteiger partial charge in [-0.1, -0.05) is 35.5 Å². The molecular weight excluding hydrogens is 422 g/mol. The van der Waals surface area contributed by atoms with Crippen molar-refractivity contribution < 1.29 is 4.79 Å². The average Bonchev–Trinajstić information content (AvgIpc) is 3.34. The van der Waals surface area contributed by atoms with Crippen LogP contribution < -0.4 is 5.32 Å². The maximum atomic E-state index is 13.7. The van der Waals surface area contributed by atoms with Gasteiger partial charge in [0.25, 0.3) is 0 Å². The van der Waals surface area contributed by atoms with Crippen LogP contribution in [0.25, 0.3) is 27.8 Å². The van der Waals surface area contributed by atoms with Gasteiger partial charge in [-0.05, 0) is 80.5 Å². The van der Waals surface area contributed by atoms with Crippen LogP contribution in [-0.4, -0.2) is 25.9 Å². The predicted octanol–water partition coefficient (Wildman–Crippen LogP) is 5.64. The number of aromatic nitrogens is 4. The third kappa shape index (κ3) is 3.16. The molecule has 0 atom stereocenters. The third-order valence-electron chi connectivity index (χ3n) is 8.32. The van der Waals surface area contributed by atoms with Gasteiger partial charge in [0.1, 0.15) is 5.69 Å². The smallest absolute Gasteiger partial charge is 0.230 e. The molecule has 0 saturated heterocycles. The number of nitrogens with zero attached hydrogens (tertiary/aromatic N) is 4. The van der Waals surface area contributed by atoms with Gasteiger partial charge in [-0.2, -0.15) is 0 Å². The normalized spacial score (nSPS) is 27.2. The first-order chi connectivity index (χ1) is 16.7. The highest BCUT2D eigenvalue weighted by atomic mass is 16.2. The van der Waals surface area contributed by atoms with Crippen molar-refractivity contribution in [2.24, 2.45) is 23.2 Å². The minimum absolute atomic E-state index is 0.189. The van der Waals surface area contributed by atoms with Crippen LogP contribution in [0, 0.1) is 23.2 Å². The minimum Gasteiger partial charge on any atom is -0.324 e. The standard InChI is InChI=1S/C28H27N5O/c34-27(28-14-18-11-19(15-28)13-20(12-18)16-28)30-23-8-9-25(22-7-4-10-29-26(22)23)33-17-24(31-32-33)21-5-2-1-3-6-21/h1-10,17-20H,11-16H2,(H,30,34). The summed E-state index contributed by atoms with van der Waals surface area (Å²) >= 11 is 0. The van der Waals surface area contributed by atoms with Gasteiger partial charge in [0.15, 0.2) is 0 Å². The summed E-state index contributed by atoms with van der Waals surface area (Å²) < 4.78 is 1.79. The lowest BCUT2D eigenvalue weighted by Crippen LogP contribution is -2.51. The molecule has 4 fully saturated rings. The molecule has 0 unspecified atom stereocenters. The summed E-state index contributed by atoms with van der Waals surface area (Å²) in [6, 6.07) is 17.9. The maximum Gasteiger partial charge on any atom is 0.230 e. The van der Waals surface area contributed by atoms with Crippen molar-refractivity contribution in [1.82, 2.24) is 20.0 Å². The summed E-state index contributed by atoms with van der Waals surface area (Å²) in [6.07, 6.45) is 10.9. The van der Waals surface area contributed by atoms with Gasteiger partial charge in [-0.25, -0.2) is 4.68 Å². The first kappa shape index (κ1) is 19.9. The second-order valence-electron chi connectivity index (χ2n) is 10.6. The number of anilines is 1. The zero-order valence-electron chi connectivity index (χ0n) is 19.0. The first-order valence-electron chi connectivity index (χ1n) is 12.3.